The predicted octanol–water partition coefficient (Wildman–Crippen LogP) is 2.88. The van der Waals surface area contributed by atoms with Crippen LogP contribution in [0.3, 0.4) is 0 Å². The number of hydrogen-bond acceptors (Lipinski definition) is 3. The molecular formula is C11H12ClF2NO3S. The molecule has 0 atom stereocenters. The fourth-order valence-electron chi connectivity index (χ4n) is 1.11. The summed E-state index contributed by atoms with van der Waals surface area (Å²) in [4.78, 5) is 10.9. The molecule has 1 amide bonds. The lowest BCUT2D eigenvalue weighted by atomic mass is 9.95. The van der Waals surface area contributed by atoms with Crippen molar-refractivity contribution in [2.75, 3.05) is 5.32 Å². The Labute approximate surface area is 114 Å². The highest BCUT2D eigenvalue weighted by atomic mass is 35.7. The Balaban J connectivity index is 3.23. The van der Waals surface area contributed by atoms with E-state index in [1.807, 2.05) is 0 Å². The molecule has 4 nitrogen and oxygen atoms in total. The van der Waals surface area contributed by atoms with Gasteiger partial charge in [-0.1, -0.05) is 20.8 Å². The summed E-state index contributed by atoms with van der Waals surface area (Å²) >= 11 is 0. The molecule has 1 rings (SSSR count). The minimum Gasteiger partial charge on any atom is -0.321 e. The van der Waals surface area contributed by atoms with Gasteiger partial charge >= 0.3 is 0 Å². The first-order valence-corrected chi connectivity index (χ1v) is 7.49. The van der Waals surface area contributed by atoms with Crippen molar-refractivity contribution in [2.45, 2.75) is 25.7 Å². The van der Waals surface area contributed by atoms with Gasteiger partial charge in [0.15, 0.2) is 11.6 Å². The topological polar surface area (TPSA) is 63.2 Å². The molecule has 0 heterocycles. The minimum atomic E-state index is -4.24. The third kappa shape index (κ3) is 3.87. The van der Waals surface area contributed by atoms with Crippen molar-refractivity contribution >= 4 is 31.3 Å². The highest BCUT2D eigenvalue weighted by Crippen LogP contribution is 2.27. The van der Waals surface area contributed by atoms with Crippen LogP contribution in [-0.2, 0) is 13.8 Å². The lowest BCUT2D eigenvalue weighted by molar-refractivity contribution is -0.123. The number of carbonyl (C=O) groups is 1. The third-order valence-corrected chi connectivity index (χ3v) is 3.55. The molecule has 0 bridgehead atoms. The highest BCUT2D eigenvalue weighted by Gasteiger charge is 2.25. The Morgan fingerprint density at radius 1 is 1.21 bits per heavy atom. The van der Waals surface area contributed by atoms with Crippen LogP contribution in [0.15, 0.2) is 17.0 Å². The van der Waals surface area contributed by atoms with Crippen molar-refractivity contribution in [1.29, 1.82) is 0 Å². The summed E-state index contributed by atoms with van der Waals surface area (Å²) in [6, 6.07) is 1.09. The first-order valence-electron chi connectivity index (χ1n) is 5.18. The first kappa shape index (κ1) is 15.8. The van der Waals surface area contributed by atoms with Gasteiger partial charge in [-0.3, -0.25) is 4.79 Å². The van der Waals surface area contributed by atoms with Gasteiger partial charge in [-0.2, -0.15) is 0 Å². The van der Waals surface area contributed by atoms with Crippen molar-refractivity contribution in [3.05, 3.63) is 23.8 Å². The second-order valence-corrected chi connectivity index (χ2v) is 7.47. The Bertz CT molecular complexity index is 600. The number of nitrogens with one attached hydrogen (secondary N) is 1. The molecule has 8 heteroatoms. The Morgan fingerprint density at radius 3 is 1.95 bits per heavy atom. The molecule has 1 aromatic carbocycles. The van der Waals surface area contributed by atoms with Gasteiger partial charge in [0.1, 0.15) is 5.69 Å². The molecule has 0 aromatic heterocycles. The summed E-state index contributed by atoms with van der Waals surface area (Å²) < 4.78 is 49.2. The Kier molecular flexibility index (Phi) is 4.21. The number of halogens is 3. The van der Waals surface area contributed by atoms with Crippen LogP contribution in [-0.4, -0.2) is 14.3 Å². The zero-order chi connectivity index (χ0) is 15.0. The normalized spacial score (nSPS) is 12.3. The number of hydrogen-bond donors (Lipinski definition) is 1. The van der Waals surface area contributed by atoms with E-state index < -0.39 is 42.6 Å². The molecule has 1 aromatic rings. The summed E-state index contributed by atoms with van der Waals surface area (Å²) in [5.41, 5.74) is -1.56. The maximum atomic E-state index is 13.6. The summed E-state index contributed by atoms with van der Waals surface area (Å²) in [5.74, 6) is -3.03. The van der Waals surface area contributed by atoms with Crippen molar-refractivity contribution < 1.29 is 22.0 Å². The third-order valence-electron chi connectivity index (χ3n) is 2.22. The molecular weight excluding hydrogens is 300 g/mol. The molecule has 0 saturated carbocycles. The molecule has 1 N–H and O–H groups in total. The monoisotopic (exact) mass is 311 g/mol. The van der Waals surface area contributed by atoms with E-state index in [4.69, 9.17) is 10.7 Å². The maximum absolute atomic E-state index is 13.6. The van der Waals surface area contributed by atoms with E-state index in [1.54, 1.807) is 20.8 Å². The van der Waals surface area contributed by atoms with E-state index in [2.05, 4.69) is 5.32 Å². The van der Waals surface area contributed by atoms with E-state index in [-0.39, 0.29) is 0 Å². The van der Waals surface area contributed by atoms with Crippen molar-refractivity contribution in [3.8, 4) is 0 Å². The van der Waals surface area contributed by atoms with Gasteiger partial charge in [0, 0.05) is 16.1 Å². The molecule has 19 heavy (non-hydrogen) atoms. The molecule has 0 aliphatic heterocycles. The molecule has 0 saturated heterocycles. The first-order chi connectivity index (χ1) is 8.43. The predicted molar refractivity (Wildman–Crippen MR) is 67.5 cm³/mol. The van der Waals surface area contributed by atoms with E-state index >= 15 is 0 Å². The average Bonchev–Trinajstić information content (AvgIpc) is 2.19. The van der Waals surface area contributed by atoms with Gasteiger partial charge < -0.3 is 5.32 Å². The molecule has 0 aliphatic carbocycles. The van der Waals surface area contributed by atoms with Crippen LogP contribution >= 0.6 is 10.7 Å². The van der Waals surface area contributed by atoms with Gasteiger partial charge in [0.25, 0.3) is 9.05 Å². The van der Waals surface area contributed by atoms with Crippen molar-refractivity contribution in [2.24, 2.45) is 5.41 Å². The zero-order valence-electron chi connectivity index (χ0n) is 10.4. The molecule has 0 spiro atoms. The minimum absolute atomic E-state index is 0.545. The number of amides is 1. The SMILES string of the molecule is CC(C)(C)C(=O)Nc1c(F)cc(S(=O)(=O)Cl)cc1F. The van der Waals surface area contributed by atoms with Crippen LogP contribution in [0, 0.1) is 17.0 Å². The van der Waals surface area contributed by atoms with Crippen LogP contribution < -0.4 is 5.32 Å². The van der Waals surface area contributed by atoms with Gasteiger partial charge in [-0.25, -0.2) is 17.2 Å². The summed E-state index contributed by atoms with van der Waals surface area (Å²) in [5, 5.41) is 2.07. The number of rotatable bonds is 2. The zero-order valence-corrected chi connectivity index (χ0v) is 12.0. The summed E-state index contributed by atoms with van der Waals surface area (Å²) in [6.07, 6.45) is 0. The van der Waals surface area contributed by atoms with Gasteiger partial charge in [-0.05, 0) is 12.1 Å². The standard InChI is InChI=1S/C11H12ClF2NO3S/c1-11(2,3)10(16)15-9-7(13)4-6(5-8(9)14)19(12,17)18/h4-5H,1-3H3,(H,15,16). The molecule has 106 valence electrons. The molecule has 0 aliphatic rings. The fraction of sp³-hybridized carbons (Fsp3) is 0.364. The van der Waals surface area contributed by atoms with E-state index in [0.717, 1.165) is 0 Å². The maximum Gasteiger partial charge on any atom is 0.261 e. The van der Waals surface area contributed by atoms with Crippen LogP contribution in [0.5, 0.6) is 0 Å². The summed E-state index contributed by atoms with van der Waals surface area (Å²) in [7, 11) is 0.743. The largest absolute Gasteiger partial charge is 0.321 e. The number of benzene rings is 1. The van der Waals surface area contributed by atoms with Crippen LogP contribution in [0.25, 0.3) is 0 Å². The second kappa shape index (κ2) is 5.05. The number of carbonyl (C=O) groups excluding carboxylic acids is 1. The highest BCUT2D eigenvalue weighted by molar-refractivity contribution is 8.13. The molecule has 0 radical (unpaired) electrons. The van der Waals surface area contributed by atoms with Gasteiger partial charge in [0.05, 0.1) is 4.90 Å². The smallest absolute Gasteiger partial charge is 0.261 e. The van der Waals surface area contributed by atoms with Crippen LogP contribution in [0.4, 0.5) is 14.5 Å². The van der Waals surface area contributed by atoms with E-state index in [0.29, 0.717) is 12.1 Å². The summed E-state index contributed by atoms with van der Waals surface area (Å²) in [6.45, 7) is 4.70. The van der Waals surface area contributed by atoms with Gasteiger partial charge in [-0.15, -0.1) is 0 Å². The van der Waals surface area contributed by atoms with Gasteiger partial charge in [0.2, 0.25) is 5.91 Å². The second-order valence-electron chi connectivity index (χ2n) is 4.90. The lowest BCUT2D eigenvalue weighted by Crippen LogP contribution is -2.28. The van der Waals surface area contributed by atoms with E-state index in [1.165, 1.54) is 0 Å². The fourth-order valence-corrected chi connectivity index (χ4v) is 1.87. The van der Waals surface area contributed by atoms with Crippen molar-refractivity contribution in [3.63, 3.8) is 0 Å². The van der Waals surface area contributed by atoms with Crippen molar-refractivity contribution in [1.82, 2.24) is 0 Å². The van der Waals surface area contributed by atoms with Crippen LogP contribution in [0.2, 0.25) is 0 Å². The lowest BCUT2D eigenvalue weighted by Gasteiger charge is -2.18. The number of anilines is 1. The molecule has 0 unspecified atom stereocenters. The Hall–Kier alpha value is -1.21. The Morgan fingerprint density at radius 2 is 1.63 bits per heavy atom. The van der Waals surface area contributed by atoms with Crippen LogP contribution in [0.1, 0.15) is 20.8 Å². The average molecular weight is 312 g/mol. The quantitative estimate of drug-likeness (QED) is 0.854. The molecule has 0 fully saturated rings. The van der Waals surface area contributed by atoms with E-state index in [9.17, 15) is 22.0 Å².